The number of hydrogen-bond donors (Lipinski definition) is 2. The van der Waals surface area contributed by atoms with E-state index in [2.05, 4.69) is 19.2 Å². The molecule has 1 unspecified atom stereocenters. The number of carbonyl (C=O) groups is 2. The molecule has 1 aliphatic carbocycles. The van der Waals surface area contributed by atoms with Crippen LogP contribution in [0, 0.1) is 11.3 Å². The highest BCUT2D eigenvalue weighted by atomic mass is 16.4. The number of amides is 2. The lowest BCUT2D eigenvalue weighted by molar-refractivity contribution is -0.137. The minimum absolute atomic E-state index is 0.0386. The van der Waals surface area contributed by atoms with Crippen LogP contribution in [-0.4, -0.2) is 41.1 Å². The molecule has 2 fully saturated rings. The maximum absolute atomic E-state index is 12.2. The molecule has 20 heavy (non-hydrogen) atoms. The minimum atomic E-state index is -0.834. The molecule has 2 amide bonds. The summed E-state index contributed by atoms with van der Waals surface area (Å²) >= 11 is 0. The first-order valence-electron chi connectivity index (χ1n) is 7.71. The van der Waals surface area contributed by atoms with Crippen LogP contribution in [-0.2, 0) is 4.79 Å². The fourth-order valence-corrected chi connectivity index (χ4v) is 2.88. The number of carboxylic acid groups (broad SMARTS) is 1. The molecule has 1 aliphatic heterocycles. The Morgan fingerprint density at radius 3 is 2.40 bits per heavy atom. The van der Waals surface area contributed by atoms with Gasteiger partial charge in [-0.3, -0.25) is 4.79 Å². The zero-order valence-corrected chi connectivity index (χ0v) is 12.5. The fourth-order valence-electron chi connectivity index (χ4n) is 2.88. The molecule has 0 aromatic heterocycles. The topological polar surface area (TPSA) is 69.6 Å². The third-order valence-electron chi connectivity index (χ3n) is 5.01. The number of nitrogens with one attached hydrogen (secondary N) is 1. The molecule has 2 aliphatic rings. The molecule has 2 N–H and O–H groups in total. The van der Waals surface area contributed by atoms with Crippen LogP contribution in [0.25, 0.3) is 0 Å². The molecule has 0 bridgehead atoms. The van der Waals surface area contributed by atoms with E-state index >= 15 is 0 Å². The van der Waals surface area contributed by atoms with E-state index in [9.17, 15) is 9.59 Å². The van der Waals surface area contributed by atoms with Crippen LogP contribution in [0.5, 0.6) is 0 Å². The largest absolute Gasteiger partial charge is 0.481 e. The number of rotatable bonds is 5. The van der Waals surface area contributed by atoms with Crippen molar-refractivity contribution in [1.29, 1.82) is 0 Å². The van der Waals surface area contributed by atoms with Crippen molar-refractivity contribution in [1.82, 2.24) is 10.2 Å². The Bertz CT molecular complexity index is 371. The van der Waals surface area contributed by atoms with Crippen LogP contribution in [0.1, 0.15) is 52.4 Å². The van der Waals surface area contributed by atoms with Gasteiger partial charge in [0.05, 0.1) is 6.42 Å². The zero-order chi connectivity index (χ0) is 14.8. The summed E-state index contributed by atoms with van der Waals surface area (Å²) in [5.74, 6) is -0.472. The molecule has 0 spiro atoms. The monoisotopic (exact) mass is 282 g/mol. The molecule has 2 rings (SSSR count). The third kappa shape index (κ3) is 3.87. The van der Waals surface area contributed by atoms with Gasteiger partial charge in [0.15, 0.2) is 0 Å². The maximum Gasteiger partial charge on any atom is 0.317 e. The van der Waals surface area contributed by atoms with Crippen molar-refractivity contribution in [3.63, 3.8) is 0 Å². The predicted molar refractivity (Wildman–Crippen MR) is 76.5 cm³/mol. The van der Waals surface area contributed by atoms with E-state index in [-0.39, 0.29) is 18.5 Å². The normalized spacial score (nSPS) is 23.2. The second-order valence-corrected chi connectivity index (χ2v) is 6.64. The van der Waals surface area contributed by atoms with Gasteiger partial charge in [0.2, 0.25) is 0 Å². The van der Waals surface area contributed by atoms with Gasteiger partial charge < -0.3 is 15.3 Å². The van der Waals surface area contributed by atoms with Gasteiger partial charge in [-0.05, 0) is 37.0 Å². The average Bonchev–Trinajstić information content (AvgIpc) is 3.22. The summed E-state index contributed by atoms with van der Waals surface area (Å²) in [6.45, 7) is 6.03. The zero-order valence-electron chi connectivity index (χ0n) is 12.5. The molecule has 1 atom stereocenters. The molecule has 0 radical (unpaired) electrons. The van der Waals surface area contributed by atoms with Crippen molar-refractivity contribution in [3.05, 3.63) is 0 Å². The first kappa shape index (κ1) is 15.1. The molecule has 0 aromatic carbocycles. The van der Waals surface area contributed by atoms with Crippen LogP contribution < -0.4 is 5.32 Å². The van der Waals surface area contributed by atoms with Gasteiger partial charge in [-0.2, -0.15) is 0 Å². The first-order chi connectivity index (χ1) is 9.43. The number of nitrogens with zero attached hydrogens (tertiary/aromatic N) is 1. The van der Waals surface area contributed by atoms with Crippen molar-refractivity contribution in [3.8, 4) is 0 Å². The predicted octanol–water partition coefficient (Wildman–Crippen LogP) is 2.46. The Morgan fingerprint density at radius 2 is 1.95 bits per heavy atom. The van der Waals surface area contributed by atoms with E-state index < -0.39 is 5.97 Å². The van der Waals surface area contributed by atoms with Gasteiger partial charge in [-0.25, -0.2) is 4.79 Å². The molecule has 5 heteroatoms. The van der Waals surface area contributed by atoms with E-state index in [0.29, 0.717) is 11.3 Å². The van der Waals surface area contributed by atoms with E-state index in [1.807, 2.05) is 4.90 Å². The summed E-state index contributed by atoms with van der Waals surface area (Å²) in [4.78, 5) is 24.9. The number of likely N-dealkylation sites (tertiary alicyclic amines) is 1. The molecule has 1 saturated carbocycles. The Kier molecular flexibility index (Phi) is 4.55. The molecular weight excluding hydrogens is 256 g/mol. The summed E-state index contributed by atoms with van der Waals surface area (Å²) in [7, 11) is 0. The van der Waals surface area contributed by atoms with E-state index in [4.69, 9.17) is 5.11 Å². The number of hydrogen-bond acceptors (Lipinski definition) is 2. The molecule has 0 aromatic rings. The van der Waals surface area contributed by atoms with Gasteiger partial charge >= 0.3 is 12.0 Å². The Morgan fingerprint density at radius 1 is 1.35 bits per heavy atom. The van der Waals surface area contributed by atoms with Crippen LogP contribution in [0.15, 0.2) is 0 Å². The van der Waals surface area contributed by atoms with Gasteiger partial charge in [0.25, 0.3) is 0 Å². The lowest BCUT2D eigenvalue weighted by atomic mass is 9.78. The molecule has 1 heterocycles. The average molecular weight is 282 g/mol. The lowest BCUT2D eigenvalue weighted by Crippen LogP contribution is -2.50. The van der Waals surface area contributed by atoms with Crippen LogP contribution >= 0.6 is 0 Å². The maximum atomic E-state index is 12.2. The highest BCUT2D eigenvalue weighted by Gasteiger charge is 2.36. The summed E-state index contributed by atoms with van der Waals surface area (Å²) < 4.78 is 0. The van der Waals surface area contributed by atoms with Gasteiger partial charge in [-0.15, -0.1) is 0 Å². The second kappa shape index (κ2) is 6.02. The SMILES string of the molecule is CCC1(C)CCN(C(=O)NC(CC(=O)O)C2CC2)CC1. The Hall–Kier alpha value is -1.26. The molecule has 114 valence electrons. The van der Waals surface area contributed by atoms with Gasteiger partial charge in [0, 0.05) is 19.1 Å². The van der Waals surface area contributed by atoms with Gasteiger partial charge in [0.1, 0.15) is 0 Å². The van der Waals surface area contributed by atoms with E-state index in [0.717, 1.165) is 45.2 Å². The van der Waals surface area contributed by atoms with Crippen molar-refractivity contribution in [2.24, 2.45) is 11.3 Å². The summed E-state index contributed by atoms with van der Waals surface area (Å²) in [6, 6.07) is -0.277. The standard InChI is InChI=1S/C15H26N2O3/c1-3-15(2)6-8-17(9-7-15)14(20)16-12(10-13(18)19)11-4-5-11/h11-12H,3-10H2,1-2H3,(H,16,20)(H,18,19). The van der Waals surface area contributed by atoms with Crippen molar-refractivity contribution in [2.75, 3.05) is 13.1 Å². The van der Waals surface area contributed by atoms with Crippen molar-refractivity contribution < 1.29 is 14.7 Å². The van der Waals surface area contributed by atoms with Gasteiger partial charge in [-0.1, -0.05) is 20.3 Å². The first-order valence-corrected chi connectivity index (χ1v) is 7.71. The number of urea groups is 1. The summed E-state index contributed by atoms with van der Waals surface area (Å²) in [5, 5.41) is 11.9. The number of carboxylic acids is 1. The van der Waals surface area contributed by atoms with Crippen LogP contribution in [0.3, 0.4) is 0 Å². The number of aliphatic carboxylic acids is 1. The van der Waals surface area contributed by atoms with E-state index in [1.165, 1.54) is 0 Å². The fraction of sp³-hybridized carbons (Fsp3) is 0.867. The molecular formula is C15H26N2O3. The Balaban J connectivity index is 1.83. The van der Waals surface area contributed by atoms with Crippen molar-refractivity contribution in [2.45, 2.75) is 58.4 Å². The number of carbonyl (C=O) groups excluding carboxylic acids is 1. The highest BCUT2D eigenvalue weighted by Crippen LogP contribution is 2.35. The second-order valence-electron chi connectivity index (χ2n) is 6.64. The smallest absolute Gasteiger partial charge is 0.317 e. The van der Waals surface area contributed by atoms with E-state index in [1.54, 1.807) is 0 Å². The third-order valence-corrected chi connectivity index (χ3v) is 5.01. The highest BCUT2D eigenvalue weighted by molar-refractivity contribution is 5.76. The minimum Gasteiger partial charge on any atom is -0.481 e. The molecule has 1 saturated heterocycles. The Labute approximate surface area is 120 Å². The summed E-state index contributed by atoms with van der Waals surface area (Å²) in [5.41, 5.74) is 0.355. The summed E-state index contributed by atoms with van der Waals surface area (Å²) in [6.07, 6.45) is 5.31. The van der Waals surface area contributed by atoms with Crippen LogP contribution in [0.4, 0.5) is 4.79 Å². The lowest BCUT2D eigenvalue weighted by Gasteiger charge is -2.39. The number of piperidine rings is 1. The quantitative estimate of drug-likeness (QED) is 0.813. The van der Waals surface area contributed by atoms with Crippen LogP contribution in [0.2, 0.25) is 0 Å². The van der Waals surface area contributed by atoms with Crippen molar-refractivity contribution >= 4 is 12.0 Å². The molecule has 5 nitrogen and oxygen atoms in total.